The summed E-state index contributed by atoms with van der Waals surface area (Å²) in [7, 11) is 0. The summed E-state index contributed by atoms with van der Waals surface area (Å²) in [4.78, 5) is 0. The van der Waals surface area contributed by atoms with E-state index in [1.165, 1.54) is 18.4 Å². The van der Waals surface area contributed by atoms with Crippen LogP contribution in [-0.2, 0) is 5.41 Å². The molecule has 1 saturated heterocycles. The molecule has 0 spiro atoms. The van der Waals surface area contributed by atoms with E-state index in [1.54, 1.807) is 12.1 Å². The van der Waals surface area contributed by atoms with E-state index in [2.05, 4.69) is 12.2 Å². The van der Waals surface area contributed by atoms with Crippen molar-refractivity contribution in [1.82, 2.24) is 5.32 Å². The van der Waals surface area contributed by atoms with Crippen molar-refractivity contribution in [3.63, 3.8) is 0 Å². The highest BCUT2D eigenvalue weighted by molar-refractivity contribution is 5.27. The van der Waals surface area contributed by atoms with Crippen molar-refractivity contribution >= 4 is 0 Å². The predicted molar refractivity (Wildman–Crippen MR) is 60.5 cm³/mol. The van der Waals surface area contributed by atoms with Gasteiger partial charge in [0.15, 0.2) is 0 Å². The molecule has 1 N–H and O–H groups in total. The fourth-order valence-electron chi connectivity index (χ4n) is 2.52. The molecule has 1 nitrogen and oxygen atoms in total. The standard InChI is InChI=1S/C13H18FN/c1-2-13(8-3-9-15-10-13)11-4-6-12(14)7-5-11/h4-7,15H,2-3,8-10H2,1H3. The summed E-state index contributed by atoms with van der Waals surface area (Å²) in [6.45, 7) is 4.36. The Balaban J connectivity index is 2.28. The topological polar surface area (TPSA) is 12.0 Å². The SMILES string of the molecule is CCC1(c2ccc(F)cc2)CCCNC1. The quantitative estimate of drug-likeness (QED) is 0.786. The number of rotatable bonds is 2. The Morgan fingerprint density at radius 1 is 1.33 bits per heavy atom. The average molecular weight is 207 g/mol. The maximum Gasteiger partial charge on any atom is 0.123 e. The lowest BCUT2D eigenvalue weighted by molar-refractivity contribution is 0.302. The molecule has 1 aromatic carbocycles. The van der Waals surface area contributed by atoms with Crippen molar-refractivity contribution in [2.45, 2.75) is 31.6 Å². The maximum absolute atomic E-state index is 12.9. The zero-order valence-electron chi connectivity index (χ0n) is 9.22. The van der Waals surface area contributed by atoms with E-state index in [-0.39, 0.29) is 11.2 Å². The molecule has 2 heteroatoms. The van der Waals surface area contributed by atoms with Crippen molar-refractivity contribution < 1.29 is 4.39 Å². The molecule has 0 aliphatic carbocycles. The van der Waals surface area contributed by atoms with Gasteiger partial charge >= 0.3 is 0 Å². The third-order valence-electron chi connectivity index (χ3n) is 3.61. The van der Waals surface area contributed by atoms with E-state index < -0.39 is 0 Å². The van der Waals surface area contributed by atoms with E-state index in [9.17, 15) is 4.39 Å². The molecule has 0 radical (unpaired) electrons. The lowest BCUT2D eigenvalue weighted by atomic mass is 9.73. The molecule has 1 aliphatic rings. The molecule has 0 saturated carbocycles. The van der Waals surface area contributed by atoms with Crippen LogP contribution in [0.3, 0.4) is 0 Å². The van der Waals surface area contributed by atoms with Gasteiger partial charge in [-0.25, -0.2) is 4.39 Å². The van der Waals surface area contributed by atoms with Crippen LogP contribution < -0.4 is 5.32 Å². The van der Waals surface area contributed by atoms with Gasteiger partial charge < -0.3 is 5.32 Å². The third kappa shape index (κ3) is 2.05. The van der Waals surface area contributed by atoms with Gasteiger partial charge in [-0.15, -0.1) is 0 Å². The summed E-state index contributed by atoms with van der Waals surface area (Å²) in [5.41, 5.74) is 1.50. The van der Waals surface area contributed by atoms with Gasteiger partial charge in [0.2, 0.25) is 0 Å². The first-order chi connectivity index (χ1) is 7.27. The van der Waals surface area contributed by atoms with Crippen LogP contribution in [0, 0.1) is 5.82 Å². The predicted octanol–water partition coefficient (Wildman–Crippen LogP) is 2.86. The highest BCUT2D eigenvalue weighted by Crippen LogP contribution is 2.34. The summed E-state index contributed by atoms with van der Waals surface area (Å²) < 4.78 is 12.9. The fourth-order valence-corrected chi connectivity index (χ4v) is 2.52. The van der Waals surface area contributed by atoms with Crippen LogP contribution in [0.25, 0.3) is 0 Å². The van der Waals surface area contributed by atoms with Crippen molar-refractivity contribution in [2.75, 3.05) is 13.1 Å². The molecule has 82 valence electrons. The Labute approximate surface area is 90.7 Å². The van der Waals surface area contributed by atoms with Crippen LogP contribution in [-0.4, -0.2) is 13.1 Å². The van der Waals surface area contributed by atoms with Crippen LogP contribution in [0.5, 0.6) is 0 Å². The van der Waals surface area contributed by atoms with Gasteiger partial charge in [-0.3, -0.25) is 0 Å². The lowest BCUT2D eigenvalue weighted by Crippen LogP contribution is -2.42. The summed E-state index contributed by atoms with van der Waals surface area (Å²) >= 11 is 0. The van der Waals surface area contributed by atoms with Crippen molar-refractivity contribution in [1.29, 1.82) is 0 Å². The Bertz CT molecular complexity index is 312. The lowest BCUT2D eigenvalue weighted by Gasteiger charge is -2.37. The molecular formula is C13H18FN. The number of benzene rings is 1. The fraction of sp³-hybridized carbons (Fsp3) is 0.538. The minimum absolute atomic E-state index is 0.145. The molecule has 15 heavy (non-hydrogen) atoms. The van der Waals surface area contributed by atoms with Crippen molar-refractivity contribution in [2.24, 2.45) is 0 Å². The monoisotopic (exact) mass is 207 g/mol. The molecule has 1 atom stereocenters. The van der Waals surface area contributed by atoms with Crippen molar-refractivity contribution in [3.05, 3.63) is 35.6 Å². The first-order valence-corrected chi connectivity index (χ1v) is 5.74. The minimum atomic E-state index is -0.145. The molecular weight excluding hydrogens is 189 g/mol. The second-order valence-corrected chi connectivity index (χ2v) is 4.42. The molecule has 0 bridgehead atoms. The molecule has 1 heterocycles. The van der Waals surface area contributed by atoms with Crippen LogP contribution >= 0.6 is 0 Å². The van der Waals surface area contributed by atoms with E-state index in [1.807, 2.05) is 12.1 Å². The second kappa shape index (κ2) is 4.31. The number of halogens is 1. The zero-order chi connectivity index (χ0) is 10.7. The summed E-state index contributed by atoms with van der Waals surface area (Å²) in [5, 5.41) is 3.45. The Morgan fingerprint density at radius 2 is 2.07 bits per heavy atom. The third-order valence-corrected chi connectivity index (χ3v) is 3.61. The average Bonchev–Trinajstić information content (AvgIpc) is 2.31. The highest BCUT2D eigenvalue weighted by atomic mass is 19.1. The smallest absolute Gasteiger partial charge is 0.123 e. The number of piperidine rings is 1. The molecule has 2 rings (SSSR count). The molecule has 1 unspecified atom stereocenters. The Kier molecular flexibility index (Phi) is 3.06. The first kappa shape index (κ1) is 10.6. The van der Waals surface area contributed by atoms with Crippen LogP contribution in [0.4, 0.5) is 4.39 Å². The van der Waals surface area contributed by atoms with E-state index in [0.717, 1.165) is 19.5 Å². The van der Waals surface area contributed by atoms with E-state index in [0.29, 0.717) is 0 Å². The summed E-state index contributed by atoms with van der Waals surface area (Å²) in [6.07, 6.45) is 3.54. The van der Waals surface area contributed by atoms with Gasteiger partial charge in [0, 0.05) is 12.0 Å². The second-order valence-electron chi connectivity index (χ2n) is 4.42. The van der Waals surface area contributed by atoms with Crippen LogP contribution in [0.15, 0.2) is 24.3 Å². The molecule has 1 aromatic rings. The molecule has 1 aliphatic heterocycles. The van der Waals surface area contributed by atoms with Gasteiger partial charge in [0.25, 0.3) is 0 Å². The minimum Gasteiger partial charge on any atom is -0.316 e. The summed E-state index contributed by atoms with van der Waals surface area (Å²) in [5.74, 6) is -0.145. The maximum atomic E-state index is 12.9. The van der Waals surface area contributed by atoms with Gasteiger partial charge in [-0.1, -0.05) is 19.1 Å². The van der Waals surface area contributed by atoms with Crippen LogP contribution in [0.1, 0.15) is 31.7 Å². The van der Waals surface area contributed by atoms with E-state index in [4.69, 9.17) is 0 Å². The summed E-state index contributed by atoms with van der Waals surface area (Å²) in [6, 6.07) is 7.01. The van der Waals surface area contributed by atoms with Crippen LogP contribution in [0.2, 0.25) is 0 Å². The first-order valence-electron chi connectivity index (χ1n) is 5.74. The zero-order valence-corrected chi connectivity index (χ0v) is 9.22. The van der Waals surface area contributed by atoms with Gasteiger partial charge in [0.1, 0.15) is 5.82 Å². The molecule has 0 aromatic heterocycles. The normalized spacial score (nSPS) is 26.5. The van der Waals surface area contributed by atoms with Gasteiger partial charge in [-0.2, -0.15) is 0 Å². The largest absolute Gasteiger partial charge is 0.316 e. The molecule has 1 fully saturated rings. The van der Waals surface area contributed by atoms with E-state index >= 15 is 0 Å². The highest BCUT2D eigenvalue weighted by Gasteiger charge is 2.31. The van der Waals surface area contributed by atoms with Gasteiger partial charge in [-0.05, 0) is 43.5 Å². The van der Waals surface area contributed by atoms with Crippen molar-refractivity contribution in [3.8, 4) is 0 Å². The number of hydrogen-bond donors (Lipinski definition) is 1. The number of hydrogen-bond acceptors (Lipinski definition) is 1. The van der Waals surface area contributed by atoms with Gasteiger partial charge in [0.05, 0.1) is 0 Å². The number of nitrogens with one attached hydrogen (secondary N) is 1. The molecule has 0 amide bonds. The Hall–Kier alpha value is -0.890. The Morgan fingerprint density at radius 3 is 2.60 bits per heavy atom.